The van der Waals surface area contributed by atoms with Crippen LogP contribution in [0.5, 0.6) is 0 Å². The summed E-state index contributed by atoms with van der Waals surface area (Å²) in [5.41, 5.74) is 2.46. The van der Waals surface area contributed by atoms with E-state index < -0.39 is 0 Å². The summed E-state index contributed by atoms with van der Waals surface area (Å²) in [7, 11) is 4.20. The highest BCUT2D eigenvalue weighted by Gasteiger charge is 2.15. The third-order valence-corrected chi connectivity index (χ3v) is 4.00. The molecule has 4 nitrogen and oxygen atoms in total. The van der Waals surface area contributed by atoms with Crippen molar-refractivity contribution in [2.45, 2.75) is 32.7 Å². The summed E-state index contributed by atoms with van der Waals surface area (Å²) in [6, 6.07) is 0. The molecule has 1 aliphatic rings. The van der Waals surface area contributed by atoms with E-state index in [9.17, 15) is 0 Å². The summed E-state index contributed by atoms with van der Waals surface area (Å²) in [5, 5.41) is 7.91. The quantitative estimate of drug-likeness (QED) is 0.805. The van der Waals surface area contributed by atoms with E-state index in [2.05, 4.69) is 35.5 Å². The van der Waals surface area contributed by atoms with Gasteiger partial charge in [0.1, 0.15) is 0 Å². The van der Waals surface area contributed by atoms with Crippen molar-refractivity contribution in [2.75, 3.05) is 26.7 Å². The van der Waals surface area contributed by atoms with Crippen LogP contribution < -0.4 is 5.32 Å². The van der Waals surface area contributed by atoms with Crippen LogP contribution in [0.25, 0.3) is 0 Å². The van der Waals surface area contributed by atoms with Crippen LogP contribution in [0, 0.1) is 12.8 Å². The molecule has 0 radical (unpaired) electrons. The lowest BCUT2D eigenvalue weighted by Gasteiger charge is -2.28. The van der Waals surface area contributed by atoms with Crippen molar-refractivity contribution in [3.05, 3.63) is 17.5 Å². The van der Waals surface area contributed by atoms with Gasteiger partial charge in [0.15, 0.2) is 0 Å². The Balaban J connectivity index is 1.63. The van der Waals surface area contributed by atoms with E-state index in [0.29, 0.717) is 0 Å². The van der Waals surface area contributed by atoms with Gasteiger partial charge in [0.2, 0.25) is 0 Å². The summed E-state index contributed by atoms with van der Waals surface area (Å²) in [6.45, 7) is 6.70. The maximum atomic E-state index is 4.36. The molecule has 1 fully saturated rings. The molecule has 0 amide bonds. The molecule has 18 heavy (non-hydrogen) atoms. The highest BCUT2D eigenvalue weighted by molar-refractivity contribution is 5.14. The molecular weight excluding hydrogens is 224 g/mol. The van der Waals surface area contributed by atoms with Crippen LogP contribution in [-0.4, -0.2) is 41.4 Å². The molecule has 0 bridgehead atoms. The Kier molecular flexibility index (Phi) is 4.78. The summed E-state index contributed by atoms with van der Waals surface area (Å²) >= 11 is 0. The average Bonchev–Trinajstić information content (AvgIpc) is 2.66. The van der Waals surface area contributed by atoms with E-state index in [0.717, 1.165) is 24.7 Å². The molecule has 0 spiro atoms. The van der Waals surface area contributed by atoms with Gasteiger partial charge in [-0.05, 0) is 58.8 Å². The number of nitrogens with one attached hydrogen (secondary N) is 1. The predicted molar refractivity (Wildman–Crippen MR) is 74.5 cm³/mol. The largest absolute Gasteiger partial charge is 0.313 e. The Hall–Kier alpha value is -0.870. The Morgan fingerprint density at radius 1 is 1.33 bits per heavy atom. The smallest absolute Gasteiger partial charge is 0.0638 e. The summed E-state index contributed by atoms with van der Waals surface area (Å²) in [6.07, 6.45) is 6.15. The van der Waals surface area contributed by atoms with E-state index in [-0.39, 0.29) is 0 Å². The van der Waals surface area contributed by atoms with Crippen molar-refractivity contribution in [3.8, 4) is 0 Å². The maximum absolute atomic E-state index is 4.36. The van der Waals surface area contributed by atoms with E-state index >= 15 is 0 Å². The molecule has 1 saturated heterocycles. The Bertz CT molecular complexity index is 364. The van der Waals surface area contributed by atoms with Crippen molar-refractivity contribution in [2.24, 2.45) is 13.0 Å². The zero-order valence-electron chi connectivity index (χ0n) is 11.9. The summed E-state index contributed by atoms with van der Waals surface area (Å²) in [5.74, 6) is 0.920. The average molecular weight is 250 g/mol. The molecule has 1 aromatic heterocycles. The predicted octanol–water partition coefficient (Wildman–Crippen LogP) is 1.55. The van der Waals surface area contributed by atoms with Crippen molar-refractivity contribution in [1.82, 2.24) is 20.0 Å². The lowest BCUT2D eigenvalue weighted by Crippen LogP contribution is -2.31. The zero-order valence-corrected chi connectivity index (χ0v) is 11.9. The van der Waals surface area contributed by atoms with E-state index in [1.807, 2.05) is 11.7 Å². The lowest BCUT2D eigenvalue weighted by atomic mass is 9.94. The second-order valence-corrected chi connectivity index (χ2v) is 5.63. The number of aromatic nitrogens is 2. The van der Waals surface area contributed by atoms with Crippen LogP contribution in [0.1, 0.15) is 30.5 Å². The van der Waals surface area contributed by atoms with Gasteiger partial charge in [0.05, 0.1) is 5.69 Å². The van der Waals surface area contributed by atoms with Crippen LogP contribution in [0.2, 0.25) is 0 Å². The molecule has 2 rings (SSSR count). The standard InChI is InChI=1S/C14H26N4/c1-12-14(11-18(3)16-12)10-15-7-4-13-5-8-17(2)9-6-13/h11,13,15H,4-10H2,1-3H3. The molecule has 2 heterocycles. The molecular formula is C14H26N4. The lowest BCUT2D eigenvalue weighted by molar-refractivity contribution is 0.211. The van der Waals surface area contributed by atoms with E-state index in [4.69, 9.17) is 0 Å². The van der Waals surface area contributed by atoms with E-state index in [1.54, 1.807) is 0 Å². The SMILES string of the molecule is Cc1nn(C)cc1CNCCC1CCN(C)CC1. The van der Waals surface area contributed by atoms with Crippen LogP contribution in [0.4, 0.5) is 0 Å². The maximum Gasteiger partial charge on any atom is 0.0638 e. The second kappa shape index (κ2) is 6.34. The first-order valence-electron chi connectivity index (χ1n) is 7.03. The third-order valence-electron chi connectivity index (χ3n) is 4.00. The number of hydrogen-bond donors (Lipinski definition) is 1. The van der Waals surface area contributed by atoms with Gasteiger partial charge in [0.25, 0.3) is 0 Å². The number of hydrogen-bond acceptors (Lipinski definition) is 3. The number of aryl methyl sites for hydroxylation is 2. The van der Waals surface area contributed by atoms with Crippen molar-refractivity contribution < 1.29 is 0 Å². The van der Waals surface area contributed by atoms with Gasteiger partial charge in [-0.25, -0.2) is 0 Å². The molecule has 0 saturated carbocycles. The molecule has 0 atom stereocenters. The molecule has 0 aromatic carbocycles. The highest BCUT2D eigenvalue weighted by atomic mass is 15.2. The van der Waals surface area contributed by atoms with Crippen LogP contribution in [0.15, 0.2) is 6.20 Å². The fourth-order valence-corrected chi connectivity index (χ4v) is 2.70. The van der Waals surface area contributed by atoms with E-state index in [1.165, 1.54) is 37.9 Å². The molecule has 4 heteroatoms. The van der Waals surface area contributed by atoms with Crippen molar-refractivity contribution in [3.63, 3.8) is 0 Å². The molecule has 1 aliphatic heterocycles. The molecule has 1 aromatic rings. The molecule has 0 unspecified atom stereocenters. The van der Waals surface area contributed by atoms with Gasteiger partial charge >= 0.3 is 0 Å². The number of likely N-dealkylation sites (tertiary alicyclic amines) is 1. The second-order valence-electron chi connectivity index (χ2n) is 5.63. The summed E-state index contributed by atoms with van der Waals surface area (Å²) in [4.78, 5) is 2.43. The number of piperidine rings is 1. The van der Waals surface area contributed by atoms with Gasteiger partial charge in [-0.1, -0.05) is 0 Å². The minimum Gasteiger partial charge on any atom is -0.313 e. The highest BCUT2D eigenvalue weighted by Crippen LogP contribution is 2.18. The number of rotatable bonds is 5. The van der Waals surface area contributed by atoms with Gasteiger partial charge < -0.3 is 10.2 Å². The van der Waals surface area contributed by atoms with Crippen LogP contribution in [-0.2, 0) is 13.6 Å². The van der Waals surface area contributed by atoms with Crippen LogP contribution in [0.3, 0.4) is 0 Å². The molecule has 1 N–H and O–H groups in total. The van der Waals surface area contributed by atoms with Gasteiger partial charge in [-0.3, -0.25) is 4.68 Å². The zero-order chi connectivity index (χ0) is 13.0. The van der Waals surface area contributed by atoms with Gasteiger partial charge in [0, 0.05) is 25.4 Å². The van der Waals surface area contributed by atoms with Crippen molar-refractivity contribution >= 4 is 0 Å². The van der Waals surface area contributed by atoms with Gasteiger partial charge in [-0.2, -0.15) is 5.10 Å². The molecule has 102 valence electrons. The fourth-order valence-electron chi connectivity index (χ4n) is 2.70. The fraction of sp³-hybridized carbons (Fsp3) is 0.786. The van der Waals surface area contributed by atoms with Crippen LogP contribution >= 0.6 is 0 Å². The normalized spacial score (nSPS) is 18.4. The van der Waals surface area contributed by atoms with Crippen molar-refractivity contribution in [1.29, 1.82) is 0 Å². The monoisotopic (exact) mass is 250 g/mol. The minimum absolute atomic E-state index is 0.920. The number of nitrogens with zero attached hydrogens (tertiary/aromatic N) is 3. The first-order valence-corrected chi connectivity index (χ1v) is 7.03. The third kappa shape index (κ3) is 3.82. The minimum atomic E-state index is 0.920. The Labute approximate surface area is 110 Å². The first-order chi connectivity index (χ1) is 8.65. The molecule has 0 aliphatic carbocycles. The first kappa shape index (κ1) is 13.6. The van der Waals surface area contributed by atoms with Gasteiger partial charge in [-0.15, -0.1) is 0 Å². The summed E-state index contributed by atoms with van der Waals surface area (Å²) < 4.78 is 1.89. The Morgan fingerprint density at radius 3 is 2.67 bits per heavy atom. The topological polar surface area (TPSA) is 33.1 Å². The Morgan fingerprint density at radius 2 is 2.06 bits per heavy atom.